The number of fused-ring (bicyclic) bond motifs is 1. The Hall–Kier alpha value is -0.940. The van der Waals surface area contributed by atoms with Crippen LogP contribution in [-0.4, -0.2) is 42.3 Å². The van der Waals surface area contributed by atoms with Gasteiger partial charge >= 0.3 is 0 Å². The molecule has 0 aromatic heterocycles. The number of rotatable bonds is 3. The molecule has 19 heavy (non-hydrogen) atoms. The first kappa shape index (κ1) is 13.1. The molecule has 1 saturated heterocycles. The van der Waals surface area contributed by atoms with Crippen molar-refractivity contribution < 1.29 is 5.11 Å². The van der Waals surface area contributed by atoms with E-state index in [-0.39, 0.29) is 12.1 Å². The second-order valence-corrected chi connectivity index (χ2v) is 6.12. The minimum Gasteiger partial charge on any atom is -0.387 e. The van der Waals surface area contributed by atoms with E-state index in [4.69, 9.17) is 5.73 Å². The molecule has 0 bridgehead atoms. The van der Waals surface area contributed by atoms with Crippen molar-refractivity contribution in [3.05, 3.63) is 35.4 Å². The van der Waals surface area contributed by atoms with E-state index in [1.54, 1.807) is 0 Å². The Bertz CT molecular complexity index is 464. The van der Waals surface area contributed by atoms with Crippen LogP contribution in [0.5, 0.6) is 0 Å². The van der Waals surface area contributed by atoms with Crippen LogP contribution in [0.15, 0.2) is 24.3 Å². The fourth-order valence-corrected chi connectivity index (χ4v) is 3.38. The van der Waals surface area contributed by atoms with E-state index in [1.807, 2.05) is 6.07 Å². The summed E-state index contributed by atoms with van der Waals surface area (Å²) in [5.41, 5.74) is 8.12. The zero-order valence-electron chi connectivity index (χ0n) is 11.5. The van der Waals surface area contributed by atoms with Crippen molar-refractivity contribution in [1.29, 1.82) is 0 Å². The van der Waals surface area contributed by atoms with E-state index in [2.05, 4.69) is 35.5 Å². The SMILES string of the molecule is CN1CCC(O)(CNC2CC(N)c3ccccc32)C1. The largest absolute Gasteiger partial charge is 0.387 e. The highest BCUT2D eigenvalue weighted by Gasteiger charge is 2.36. The number of nitrogens with zero attached hydrogens (tertiary/aromatic N) is 1. The molecule has 1 aliphatic heterocycles. The summed E-state index contributed by atoms with van der Waals surface area (Å²) in [6.07, 6.45) is 1.77. The predicted molar refractivity (Wildman–Crippen MR) is 75.8 cm³/mol. The van der Waals surface area contributed by atoms with E-state index in [1.165, 1.54) is 11.1 Å². The molecular weight excluding hydrogens is 238 g/mol. The molecule has 0 amide bonds. The molecule has 2 aliphatic rings. The van der Waals surface area contributed by atoms with E-state index < -0.39 is 5.60 Å². The maximum absolute atomic E-state index is 10.5. The molecule has 1 aromatic carbocycles. The van der Waals surface area contributed by atoms with E-state index in [9.17, 15) is 5.11 Å². The molecule has 0 radical (unpaired) electrons. The fourth-order valence-electron chi connectivity index (χ4n) is 3.38. The third-order valence-electron chi connectivity index (χ3n) is 4.46. The van der Waals surface area contributed by atoms with Crippen molar-refractivity contribution in [3.63, 3.8) is 0 Å². The fraction of sp³-hybridized carbons (Fsp3) is 0.600. The van der Waals surface area contributed by atoms with Gasteiger partial charge in [0, 0.05) is 31.7 Å². The third-order valence-corrected chi connectivity index (χ3v) is 4.46. The predicted octanol–water partition coefficient (Wildman–Crippen LogP) is 0.787. The second kappa shape index (κ2) is 4.87. The van der Waals surface area contributed by atoms with Gasteiger partial charge in [0.25, 0.3) is 0 Å². The smallest absolute Gasteiger partial charge is 0.0909 e. The Labute approximate surface area is 114 Å². The number of aliphatic hydroxyl groups is 1. The van der Waals surface area contributed by atoms with Gasteiger partial charge in [0.15, 0.2) is 0 Å². The summed E-state index contributed by atoms with van der Waals surface area (Å²) in [5, 5.41) is 14.0. The van der Waals surface area contributed by atoms with Gasteiger partial charge in [0.05, 0.1) is 5.60 Å². The Morgan fingerprint density at radius 3 is 2.84 bits per heavy atom. The van der Waals surface area contributed by atoms with Gasteiger partial charge in [-0.1, -0.05) is 24.3 Å². The van der Waals surface area contributed by atoms with Gasteiger partial charge in [-0.25, -0.2) is 0 Å². The summed E-state index contributed by atoms with van der Waals surface area (Å²) in [6.45, 7) is 2.36. The Balaban J connectivity index is 1.66. The summed E-state index contributed by atoms with van der Waals surface area (Å²) in [5.74, 6) is 0. The normalized spacial score (nSPS) is 34.7. The highest BCUT2D eigenvalue weighted by Crippen LogP contribution is 2.37. The van der Waals surface area contributed by atoms with Gasteiger partial charge < -0.3 is 21.1 Å². The zero-order chi connectivity index (χ0) is 13.5. The summed E-state index contributed by atoms with van der Waals surface area (Å²) < 4.78 is 0. The lowest BCUT2D eigenvalue weighted by molar-refractivity contribution is 0.0488. The number of hydrogen-bond acceptors (Lipinski definition) is 4. The minimum absolute atomic E-state index is 0.120. The Morgan fingerprint density at radius 1 is 1.42 bits per heavy atom. The molecule has 0 spiro atoms. The van der Waals surface area contributed by atoms with Gasteiger partial charge in [0.2, 0.25) is 0 Å². The van der Waals surface area contributed by atoms with Crippen LogP contribution >= 0.6 is 0 Å². The van der Waals surface area contributed by atoms with E-state index in [0.29, 0.717) is 6.54 Å². The first-order chi connectivity index (χ1) is 9.07. The van der Waals surface area contributed by atoms with Gasteiger partial charge in [-0.15, -0.1) is 0 Å². The molecule has 0 saturated carbocycles. The molecule has 1 aromatic rings. The number of nitrogens with two attached hydrogens (primary N) is 1. The number of β-amino-alcohol motifs (C(OH)–C–C–N with tert-alkyl or cyclic N) is 1. The molecule has 3 unspecified atom stereocenters. The van der Waals surface area contributed by atoms with Crippen LogP contribution in [0.4, 0.5) is 0 Å². The van der Waals surface area contributed by atoms with Crippen molar-refractivity contribution >= 4 is 0 Å². The maximum atomic E-state index is 10.5. The van der Waals surface area contributed by atoms with E-state index in [0.717, 1.165) is 25.9 Å². The summed E-state index contributed by atoms with van der Waals surface area (Å²) in [6, 6.07) is 8.75. The van der Waals surface area contributed by atoms with Crippen LogP contribution in [0.25, 0.3) is 0 Å². The third kappa shape index (κ3) is 2.54. The molecule has 104 valence electrons. The molecule has 1 fully saturated rings. The van der Waals surface area contributed by atoms with Crippen molar-refractivity contribution in [2.24, 2.45) is 5.73 Å². The molecular formula is C15H23N3O. The van der Waals surface area contributed by atoms with Crippen molar-refractivity contribution in [1.82, 2.24) is 10.2 Å². The highest BCUT2D eigenvalue weighted by atomic mass is 16.3. The molecule has 1 heterocycles. The van der Waals surface area contributed by atoms with Crippen molar-refractivity contribution in [3.8, 4) is 0 Å². The van der Waals surface area contributed by atoms with E-state index >= 15 is 0 Å². The van der Waals surface area contributed by atoms with Crippen LogP contribution in [0.3, 0.4) is 0 Å². The first-order valence-corrected chi connectivity index (χ1v) is 7.06. The molecule has 4 N–H and O–H groups in total. The van der Waals surface area contributed by atoms with Crippen molar-refractivity contribution in [2.75, 3.05) is 26.7 Å². The van der Waals surface area contributed by atoms with Crippen molar-refractivity contribution in [2.45, 2.75) is 30.5 Å². The average Bonchev–Trinajstić information content (AvgIpc) is 2.90. The summed E-state index contributed by atoms with van der Waals surface area (Å²) >= 11 is 0. The monoisotopic (exact) mass is 261 g/mol. The summed E-state index contributed by atoms with van der Waals surface area (Å²) in [7, 11) is 2.05. The number of benzene rings is 1. The van der Waals surface area contributed by atoms with Crippen LogP contribution in [0.2, 0.25) is 0 Å². The maximum Gasteiger partial charge on any atom is 0.0909 e. The second-order valence-electron chi connectivity index (χ2n) is 6.12. The Kier molecular flexibility index (Phi) is 3.35. The lowest BCUT2D eigenvalue weighted by Crippen LogP contribution is -2.43. The van der Waals surface area contributed by atoms with Gasteiger partial charge in [0.1, 0.15) is 0 Å². The molecule has 1 aliphatic carbocycles. The highest BCUT2D eigenvalue weighted by molar-refractivity contribution is 5.37. The van der Waals surface area contributed by atoms with Gasteiger partial charge in [-0.05, 0) is 31.0 Å². The van der Waals surface area contributed by atoms with Crippen LogP contribution < -0.4 is 11.1 Å². The zero-order valence-corrected chi connectivity index (χ0v) is 11.5. The van der Waals surface area contributed by atoms with Crippen LogP contribution in [-0.2, 0) is 0 Å². The lowest BCUT2D eigenvalue weighted by atomic mass is 10.0. The average molecular weight is 261 g/mol. The quantitative estimate of drug-likeness (QED) is 0.753. The van der Waals surface area contributed by atoms with Gasteiger partial charge in [-0.3, -0.25) is 0 Å². The van der Waals surface area contributed by atoms with Gasteiger partial charge in [-0.2, -0.15) is 0 Å². The molecule has 3 atom stereocenters. The molecule has 4 heteroatoms. The van der Waals surface area contributed by atoms with Crippen LogP contribution in [0, 0.1) is 0 Å². The summed E-state index contributed by atoms with van der Waals surface area (Å²) in [4.78, 5) is 2.18. The molecule has 4 nitrogen and oxygen atoms in total. The molecule has 3 rings (SSSR count). The standard InChI is InChI=1S/C15H23N3O/c1-18-7-6-15(19,10-18)9-17-14-8-13(16)11-4-2-3-5-12(11)14/h2-5,13-14,17,19H,6-10,16H2,1H3. The number of nitrogens with one attached hydrogen (secondary N) is 1. The number of hydrogen-bond donors (Lipinski definition) is 3. The number of likely N-dealkylation sites (tertiary alicyclic amines) is 1. The first-order valence-electron chi connectivity index (χ1n) is 7.06. The topological polar surface area (TPSA) is 61.5 Å². The lowest BCUT2D eigenvalue weighted by Gasteiger charge is -2.25. The minimum atomic E-state index is -0.587. The number of likely N-dealkylation sites (N-methyl/N-ethyl adjacent to an activating group) is 1. The Morgan fingerprint density at radius 2 is 2.16 bits per heavy atom. The van der Waals surface area contributed by atoms with Crippen LogP contribution in [0.1, 0.15) is 36.1 Å².